The number of likely N-dealkylation sites (tertiary alicyclic amines) is 1. The average molecular weight is 496 g/mol. The van der Waals surface area contributed by atoms with Crippen LogP contribution in [-0.2, 0) is 11.3 Å². The smallest absolute Gasteiger partial charge is 0.236 e. The molecular formula is C27H29N9O. The van der Waals surface area contributed by atoms with Gasteiger partial charge >= 0.3 is 0 Å². The fourth-order valence-corrected chi connectivity index (χ4v) is 5.36. The van der Waals surface area contributed by atoms with Gasteiger partial charge in [-0.25, -0.2) is 14.2 Å². The zero-order valence-corrected chi connectivity index (χ0v) is 20.4. The second-order valence-corrected chi connectivity index (χ2v) is 9.51. The van der Waals surface area contributed by atoms with Crippen LogP contribution < -0.4 is 17.2 Å². The predicted molar refractivity (Wildman–Crippen MR) is 144 cm³/mol. The van der Waals surface area contributed by atoms with Gasteiger partial charge in [0.1, 0.15) is 17.7 Å². The third kappa shape index (κ3) is 4.05. The number of piperidine rings is 1. The Labute approximate surface area is 213 Å². The molecule has 5 aromatic rings. The lowest BCUT2D eigenvalue weighted by molar-refractivity contribution is -0.130. The minimum atomic E-state index is -0.00926. The van der Waals surface area contributed by atoms with Crippen molar-refractivity contribution < 1.29 is 4.79 Å². The van der Waals surface area contributed by atoms with Crippen molar-refractivity contribution >= 4 is 34.0 Å². The van der Waals surface area contributed by atoms with Crippen LogP contribution in [0.4, 0.5) is 11.6 Å². The molecule has 0 saturated carbocycles. The first-order valence-electron chi connectivity index (χ1n) is 12.4. The van der Waals surface area contributed by atoms with E-state index in [4.69, 9.17) is 22.3 Å². The zero-order chi connectivity index (χ0) is 25.5. The Morgan fingerprint density at radius 2 is 1.81 bits per heavy atom. The van der Waals surface area contributed by atoms with Crippen molar-refractivity contribution in [3.05, 3.63) is 72.2 Å². The van der Waals surface area contributed by atoms with E-state index in [1.807, 2.05) is 50.5 Å². The van der Waals surface area contributed by atoms with Gasteiger partial charge < -0.3 is 22.1 Å². The van der Waals surface area contributed by atoms with E-state index in [0.29, 0.717) is 31.3 Å². The van der Waals surface area contributed by atoms with Crippen LogP contribution in [0.25, 0.3) is 27.5 Å². The molecule has 10 heteroatoms. The zero-order valence-electron chi connectivity index (χ0n) is 20.4. The van der Waals surface area contributed by atoms with Gasteiger partial charge in [0.2, 0.25) is 5.91 Å². The molecule has 1 saturated heterocycles. The summed E-state index contributed by atoms with van der Waals surface area (Å²) in [6.45, 7) is 1.99. The molecule has 37 heavy (non-hydrogen) atoms. The largest absolute Gasteiger partial charge is 0.383 e. The number of carbonyl (C=O) groups excluding carboxylic acids is 1. The van der Waals surface area contributed by atoms with E-state index in [-0.39, 0.29) is 18.4 Å². The van der Waals surface area contributed by atoms with Crippen molar-refractivity contribution in [3.63, 3.8) is 0 Å². The van der Waals surface area contributed by atoms with Crippen LogP contribution >= 0.6 is 0 Å². The van der Waals surface area contributed by atoms with Gasteiger partial charge in [-0.3, -0.25) is 4.79 Å². The molecule has 2 aromatic carbocycles. The van der Waals surface area contributed by atoms with E-state index < -0.39 is 0 Å². The van der Waals surface area contributed by atoms with Crippen molar-refractivity contribution in [2.24, 2.45) is 5.73 Å². The number of fused-ring (bicyclic) bond motifs is 2. The monoisotopic (exact) mass is 495 g/mol. The highest BCUT2D eigenvalue weighted by molar-refractivity contribution is 5.96. The molecule has 188 valence electrons. The number of nitrogens with two attached hydrogens (primary N) is 3. The number of aromatic nitrogens is 5. The summed E-state index contributed by atoms with van der Waals surface area (Å²) in [5.74, 6) is 1.28. The second-order valence-electron chi connectivity index (χ2n) is 9.51. The van der Waals surface area contributed by atoms with Crippen LogP contribution in [0.5, 0.6) is 0 Å². The lowest BCUT2D eigenvalue weighted by Crippen LogP contribution is -2.41. The van der Waals surface area contributed by atoms with Gasteiger partial charge in [-0.15, -0.1) is 0 Å². The standard InChI is InChI=1S/C27H29N9O/c28-14-24(37)34-10-8-18(9-11-34)23-13-21(25-26(29)31-16-32-36(23)25)19-6-7-20-22(12-19)33-35(27(20)30)15-17-4-2-1-3-5-17/h1-7,12-13,16,18H,8-11,14-15,28,30H2,(H2,29,31,32). The summed E-state index contributed by atoms with van der Waals surface area (Å²) in [7, 11) is 0. The van der Waals surface area contributed by atoms with Crippen molar-refractivity contribution in [1.29, 1.82) is 0 Å². The molecule has 0 aliphatic carbocycles. The molecule has 3 aromatic heterocycles. The minimum absolute atomic E-state index is 0.00926. The average Bonchev–Trinajstić information content (AvgIpc) is 3.47. The Bertz CT molecular complexity index is 1600. The lowest BCUT2D eigenvalue weighted by Gasteiger charge is -2.31. The van der Waals surface area contributed by atoms with Gasteiger partial charge in [-0.1, -0.05) is 36.4 Å². The van der Waals surface area contributed by atoms with E-state index in [9.17, 15) is 4.79 Å². The first-order valence-corrected chi connectivity index (χ1v) is 12.4. The fraction of sp³-hybridized carbons (Fsp3) is 0.259. The van der Waals surface area contributed by atoms with E-state index in [0.717, 1.165) is 51.6 Å². The van der Waals surface area contributed by atoms with Crippen molar-refractivity contribution in [1.82, 2.24) is 29.3 Å². The Morgan fingerprint density at radius 1 is 1.03 bits per heavy atom. The molecule has 0 atom stereocenters. The maximum Gasteiger partial charge on any atom is 0.236 e. The van der Waals surface area contributed by atoms with Crippen LogP contribution in [0.2, 0.25) is 0 Å². The van der Waals surface area contributed by atoms with Crippen LogP contribution in [0, 0.1) is 0 Å². The summed E-state index contributed by atoms with van der Waals surface area (Å²) in [5, 5.41) is 10.3. The predicted octanol–water partition coefficient (Wildman–Crippen LogP) is 2.62. The molecule has 10 nitrogen and oxygen atoms in total. The topological polar surface area (TPSA) is 146 Å². The van der Waals surface area contributed by atoms with Gasteiger partial charge in [0.05, 0.1) is 18.6 Å². The molecule has 0 unspecified atom stereocenters. The van der Waals surface area contributed by atoms with E-state index in [1.54, 1.807) is 0 Å². The highest BCUT2D eigenvalue weighted by Crippen LogP contribution is 2.38. The van der Waals surface area contributed by atoms with Crippen molar-refractivity contribution in [2.45, 2.75) is 25.3 Å². The SMILES string of the molecule is NCC(=O)N1CCC(c2cc(-c3ccc4c(N)n(Cc5ccccc5)nc4c3)c3c(N)ncnn23)CC1. The van der Waals surface area contributed by atoms with Gasteiger partial charge in [-0.2, -0.15) is 10.2 Å². The maximum absolute atomic E-state index is 12.0. The summed E-state index contributed by atoms with van der Waals surface area (Å²) < 4.78 is 3.73. The second kappa shape index (κ2) is 9.21. The Hall–Kier alpha value is -4.44. The van der Waals surface area contributed by atoms with Crippen LogP contribution in [0.3, 0.4) is 0 Å². The first-order chi connectivity index (χ1) is 18.0. The number of rotatable bonds is 5. The van der Waals surface area contributed by atoms with Crippen LogP contribution in [0.15, 0.2) is 60.9 Å². The van der Waals surface area contributed by atoms with E-state index >= 15 is 0 Å². The molecule has 0 radical (unpaired) electrons. The van der Waals surface area contributed by atoms with E-state index in [2.05, 4.69) is 28.3 Å². The molecule has 6 rings (SSSR count). The molecule has 6 N–H and O–H groups in total. The molecule has 1 fully saturated rings. The number of nitrogen functional groups attached to an aromatic ring is 2. The molecule has 1 aliphatic rings. The number of anilines is 2. The van der Waals surface area contributed by atoms with Crippen molar-refractivity contribution in [3.8, 4) is 11.1 Å². The highest BCUT2D eigenvalue weighted by Gasteiger charge is 2.27. The first kappa shape index (κ1) is 23.0. The number of hydrogen-bond donors (Lipinski definition) is 3. The number of nitrogens with zero attached hydrogens (tertiary/aromatic N) is 6. The Balaban J connectivity index is 1.38. The lowest BCUT2D eigenvalue weighted by atomic mass is 9.93. The summed E-state index contributed by atoms with van der Waals surface area (Å²) in [4.78, 5) is 18.1. The van der Waals surface area contributed by atoms with Crippen molar-refractivity contribution in [2.75, 3.05) is 31.1 Å². The number of carbonyl (C=O) groups is 1. The summed E-state index contributed by atoms with van der Waals surface area (Å²) in [5.41, 5.74) is 24.1. The summed E-state index contributed by atoms with van der Waals surface area (Å²) in [6.07, 6.45) is 3.15. The summed E-state index contributed by atoms with van der Waals surface area (Å²) in [6, 6.07) is 18.4. The molecule has 0 bridgehead atoms. The summed E-state index contributed by atoms with van der Waals surface area (Å²) >= 11 is 0. The minimum Gasteiger partial charge on any atom is -0.383 e. The van der Waals surface area contributed by atoms with Crippen LogP contribution in [0.1, 0.15) is 30.0 Å². The number of benzene rings is 2. The number of hydrogen-bond acceptors (Lipinski definition) is 7. The number of amides is 1. The molecular weight excluding hydrogens is 466 g/mol. The maximum atomic E-state index is 12.0. The van der Waals surface area contributed by atoms with Gasteiger partial charge in [-0.05, 0) is 42.2 Å². The molecule has 1 amide bonds. The Kier molecular flexibility index (Phi) is 5.72. The van der Waals surface area contributed by atoms with Gasteiger partial charge in [0.25, 0.3) is 0 Å². The molecule has 1 aliphatic heterocycles. The third-order valence-electron chi connectivity index (χ3n) is 7.32. The quantitative estimate of drug-likeness (QED) is 0.340. The Morgan fingerprint density at radius 3 is 2.57 bits per heavy atom. The molecule has 4 heterocycles. The highest BCUT2D eigenvalue weighted by atomic mass is 16.2. The fourth-order valence-electron chi connectivity index (χ4n) is 5.36. The van der Waals surface area contributed by atoms with Gasteiger partial charge in [0.15, 0.2) is 5.82 Å². The molecule has 0 spiro atoms. The normalized spacial score (nSPS) is 14.6. The van der Waals surface area contributed by atoms with E-state index in [1.165, 1.54) is 6.33 Å². The van der Waals surface area contributed by atoms with Crippen LogP contribution in [-0.4, -0.2) is 54.8 Å². The third-order valence-corrected chi connectivity index (χ3v) is 7.32. The van der Waals surface area contributed by atoms with Gasteiger partial charge in [0, 0.05) is 35.7 Å².